The number of pyridine rings is 1. The molecule has 0 radical (unpaired) electrons. The highest BCUT2D eigenvalue weighted by Gasteiger charge is 2.06. The lowest BCUT2D eigenvalue weighted by molar-refractivity contribution is 0.452. The molecule has 1 unspecified atom stereocenters. The van der Waals surface area contributed by atoms with Crippen molar-refractivity contribution in [1.82, 2.24) is 10.3 Å². The second kappa shape index (κ2) is 7.46. The maximum absolute atomic E-state index is 5.81. The number of aromatic nitrogens is 1. The third kappa shape index (κ3) is 3.92. The molecule has 0 amide bonds. The van der Waals surface area contributed by atoms with E-state index in [9.17, 15) is 0 Å². The van der Waals surface area contributed by atoms with Crippen molar-refractivity contribution in [2.75, 3.05) is 12.4 Å². The SMILES string of the molecule is CCC(CCCl)CNCc1cccc2cccnc12. The summed E-state index contributed by atoms with van der Waals surface area (Å²) in [6.45, 7) is 4.11. The lowest BCUT2D eigenvalue weighted by Crippen LogP contribution is -2.22. The van der Waals surface area contributed by atoms with E-state index in [4.69, 9.17) is 11.6 Å². The number of halogens is 1. The van der Waals surface area contributed by atoms with Crippen LogP contribution in [-0.2, 0) is 6.54 Å². The molecule has 0 aliphatic carbocycles. The minimum absolute atomic E-state index is 0.667. The first-order chi connectivity index (χ1) is 9.35. The number of nitrogens with zero attached hydrogens (tertiary/aromatic N) is 1. The highest BCUT2D eigenvalue weighted by molar-refractivity contribution is 6.17. The van der Waals surface area contributed by atoms with Crippen LogP contribution in [0.2, 0.25) is 0 Å². The van der Waals surface area contributed by atoms with Gasteiger partial charge in [0.05, 0.1) is 5.52 Å². The summed E-state index contributed by atoms with van der Waals surface area (Å²) in [5.74, 6) is 1.41. The van der Waals surface area contributed by atoms with Gasteiger partial charge in [0.15, 0.2) is 0 Å². The van der Waals surface area contributed by atoms with E-state index in [2.05, 4.69) is 41.5 Å². The molecule has 1 aromatic carbocycles. The molecule has 102 valence electrons. The van der Waals surface area contributed by atoms with Crippen LogP contribution in [0.25, 0.3) is 10.9 Å². The Bertz CT molecular complexity index is 508. The summed E-state index contributed by atoms with van der Waals surface area (Å²) in [4.78, 5) is 4.47. The number of alkyl halides is 1. The highest BCUT2D eigenvalue weighted by Crippen LogP contribution is 2.16. The third-order valence-corrected chi connectivity index (χ3v) is 3.78. The second-order valence-electron chi connectivity index (χ2n) is 4.88. The first-order valence-electron chi connectivity index (χ1n) is 6.94. The van der Waals surface area contributed by atoms with Crippen LogP contribution >= 0.6 is 11.6 Å². The van der Waals surface area contributed by atoms with E-state index >= 15 is 0 Å². The first-order valence-corrected chi connectivity index (χ1v) is 7.48. The molecule has 2 aromatic rings. The van der Waals surface area contributed by atoms with E-state index in [0.29, 0.717) is 5.92 Å². The molecule has 0 saturated heterocycles. The largest absolute Gasteiger partial charge is 0.312 e. The highest BCUT2D eigenvalue weighted by atomic mass is 35.5. The number of para-hydroxylation sites is 1. The number of hydrogen-bond acceptors (Lipinski definition) is 2. The zero-order chi connectivity index (χ0) is 13.5. The summed E-state index contributed by atoms with van der Waals surface area (Å²) in [6, 6.07) is 10.4. The van der Waals surface area contributed by atoms with Gasteiger partial charge in [-0.1, -0.05) is 37.6 Å². The van der Waals surface area contributed by atoms with Gasteiger partial charge >= 0.3 is 0 Å². The van der Waals surface area contributed by atoms with E-state index in [1.54, 1.807) is 0 Å². The molecule has 1 aromatic heterocycles. The molecule has 1 atom stereocenters. The van der Waals surface area contributed by atoms with Crippen LogP contribution in [0.4, 0.5) is 0 Å². The molecule has 0 aliphatic heterocycles. The van der Waals surface area contributed by atoms with Gasteiger partial charge < -0.3 is 5.32 Å². The maximum Gasteiger partial charge on any atom is 0.0746 e. The summed E-state index contributed by atoms with van der Waals surface area (Å²) in [5.41, 5.74) is 2.36. The predicted octanol–water partition coefficient (Wildman–Crippen LogP) is 3.98. The maximum atomic E-state index is 5.81. The normalized spacial score (nSPS) is 12.7. The van der Waals surface area contributed by atoms with Gasteiger partial charge in [0.1, 0.15) is 0 Å². The van der Waals surface area contributed by atoms with Crippen LogP contribution in [-0.4, -0.2) is 17.4 Å². The number of benzene rings is 1. The Morgan fingerprint density at radius 1 is 1.26 bits per heavy atom. The number of rotatable bonds is 7. The Kier molecular flexibility index (Phi) is 5.62. The Morgan fingerprint density at radius 3 is 2.89 bits per heavy atom. The van der Waals surface area contributed by atoms with Crippen LogP contribution in [0.3, 0.4) is 0 Å². The molecule has 0 aliphatic rings. The summed E-state index contributed by atoms with van der Waals surface area (Å²) in [6.07, 6.45) is 4.11. The number of nitrogens with one attached hydrogen (secondary N) is 1. The van der Waals surface area contributed by atoms with Crippen LogP contribution in [0, 0.1) is 5.92 Å². The molecule has 0 spiro atoms. The van der Waals surface area contributed by atoms with Crippen molar-refractivity contribution < 1.29 is 0 Å². The van der Waals surface area contributed by atoms with Gasteiger partial charge in [-0.25, -0.2) is 0 Å². The van der Waals surface area contributed by atoms with Crippen molar-refractivity contribution in [3.63, 3.8) is 0 Å². The Morgan fingerprint density at radius 2 is 2.11 bits per heavy atom. The van der Waals surface area contributed by atoms with Crippen molar-refractivity contribution in [3.05, 3.63) is 42.1 Å². The fourth-order valence-corrected chi connectivity index (χ4v) is 2.63. The average molecular weight is 277 g/mol. The molecular weight excluding hydrogens is 256 g/mol. The molecule has 0 bridgehead atoms. The first kappa shape index (κ1) is 14.3. The van der Waals surface area contributed by atoms with Crippen molar-refractivity contribution >= 4 is 22.5 Å². The smallest absolute Gasteiger partial charge is 0.0746 e. The molecule has 1 N–H and O–H groups in total. The molecular formula is C16H21ClN2. The van der Waals surface area contributed by atoms with Gasteiger partial charge in [0, 0.05) is 24.0 Å². The van der Waals surface area contributed by atoms with Crippen LogP contribution in [0.15, 0.2) is 36.5 Å². The van der Waals surface area contributed by atoms with E-state index < -0.39 is 0 Å². The predicted molar refractivity (Wildman–Crippen MR) is 82.6 cm³/mol. The van der Waals surface area contributed by atoms with E-state index in [-0.39, 0.29) is 0 Å². The van der Waals surface area contributed by atoms with Crippen molar-refractivity contribution in [2.45, 2.75) is 26.3 Å². The Balaban J connectivity index is 1.98. The topological polar surface area (TPSA) is 24.9 Å². The summed E-state index contributed by atoms with van der Waals surface area (Å²) >= 11 is 5.81. The fourth-order valence-electron chi connectivity index (χ4n) is 2.33. The van der Waals surface area contributed by atoms with Crippen molar-refractivity contribution in [3.8, 4) is 0 Å². The number of hydrogen-bond donors (Lipinski definition) is 1. The molecule has 2 rings (SSSR count). The quantitative estimate of drug-likeness (QED) is 0.774. The van der Waals surface area contributed by atoms with Gasteiger partial charge in [-0.2, -0.15) is 0 Å². The zero-order valence-corrected chi connectivity index (χ0v) is 12.2. The van der Waals surface area contributed by atoms with Crippen molar-refractivity contribution in [2.24, 2.45) is 5.92 Å². The van der Waals surface area contributed by atoms with Gasteiger partial charge in [-0.05, 0) is 30.5 Å². The van der Waals surface area contributed by atoms with Gasteiger partial charge in [-0.3, -0.25) is 4.98 Å². The van der Waals surface area contributed by atoms with Crippen LogP contribution in [0.1, 0.15) is 25.3 Å². The lowest BCUT2D eigenvalue weighted by atomic mass is 10.0. The minimum Gasteiger partial charge on any atom is -0.312 e. The Labute approximate surface area is 120 Å². The summed E-state index contributed by atoms with van der Waals surface area (Å²) in [5, 5.41) is 4.73. The molecule has 19 heavy (non-hydrogen) atoms. The number of fused-ring (bicyclic) bond motifs is 1. The van der Waals surface area contributed by atoms with Crippen LogP contribution in [0.5, 0.6) is 0 Å². The zero-order valence-electron chi connectivity index (χ0n) is 11.4. The van der Waals surface area contributed by atoms with Crippen LogP contribution < -0.4 is 5.32 Å². The van der Waals surface area contributed by atoms with Crippen molar-refractivity contribution in [1.29, 1.82) is 0 Å². The molecule has 0 saturated carbocycles. The summed E-state index contributed by atoms with van der Waals surface area (Å²) in [7, 11) is 0. The van der Waals surface area contributed by atoms with E-state index in [1.165, 1.54) is 17.4 Å². The lowest BCUT2D eigenvalue weighted by Gasteiger charge is -2.14. The van der Waals surface area contributed by atoms with Gasteiger partial charge in [-0.15, -0.1) is 11.6 Å². The van der Waals surface area contributed by atoms with E-state index in [0.717, 1.165) is 30.9 Å². The third-order valence-electron chi connectivity index (χ3n) is 3.56. The minimum atomic E-state index is 0.667. The molecule has 0 fully saturated rings. The fraction of sp³-hybridized carbons (Fsp3) is 0.438. The average Bonchev–Trinajstić information content (AvgIpc) is 2.46. The Hall–Kier alpha value is -1.12. The molecule has 1 heterocycles. The molecule has 3 heteroatoms. The standard InChI is InChI=1S/C16H21ClN2/c1-2-13(8-9-17)11-18-12-15-6-3-5-14-7-4-10-19-16(14)15/h3-7,10,13,18H,2,8-9,11-12H2,1H3. The monoisotopic (exact) mass is 276 g/mol. The van der Waals surface area contributed by atoms with Gasteiger partial charge in [0.25, 0.3) is 0 Å². The second-order valence-corrected chi connectivity index (χ2v) is 5.25. The van der Waals surface area contributed by atoms with E-state index in [1.807, 2.05) is 12.3 Å². The summed E-state index contributed by atoms with van der Waals surface area (Å²) < 4.78 is 0. The molecule has 2 nitrogen and oxygen atoms in total. The van der Waals surface area contributed by atoms with Gasteiger partial charge in [0.2, 0.25) is 0 Å².